The van der Waals surface area contributed by atoms with Crippen LogP contribution >= 0.6 is 24.0 Å². The van der Waals surface area contributed by atoms with Crippen molar-refractivity contribution in [3.63, 3.8) is 0 Å². The van der Waals surface area contributed by atoms with Crippen LogP contribution in [0, 0.1) is 22.1 Å². The second-order valence-electron chi connectivity index (χ2n) is 8.90. The molecule has 2 aliphatic rings. The van der Waals surface area contributed by atoms with Crippen molar-refractivity contribution >= 4 is 44.9 Å². The van der Waals surface area contributed by atoms with Gasteiger partial charge >= 0.3 is 12.4 Å². The van der Waals surface area contributed by atoms with Gasteiger partial charge in [0.15, 0.2) is 10.2 Å². The molecule has 1 aliphatic heterocycles. The van der Waals surface area contributed by atoms with Gasteiger partial charge in [-0.2, -0.15) is 31.6 Å². The van der Waals surface area contributed by atoms with Crippen LogP contribution in [0.1, 0.15) is 36.8 Å². The summed E-state index contributed by atoms with van der Waals surface area (Å²) in [6.45, 7) is 1.66. The lowest BCUT2D eigenvalue weighted by Gasteiger charge is -2.37. The summed E-state index contributed by atoms with van der Waals surface area (Å²) in [5.74, 6) is 0. The number of piperazine rings is 1. The zero-order valence-electron chi connectivity index (χ0n) is 20.1. The molecule has 2 fully saturated rings. The topological polar surface area (TPSA) is 99.2 Å². The first-order valence-corrected chi connectivity index (χ1v) is 12.9. The quantitative estimate of drug-likeness (QED) is 0.184. The minimum Gasteiger partial charge on any atom is -0.382 e. The molecule has 1 heterocycles. The van der Waals surface area contributed by atoms with Crippen molar-refractivity contribution in [2.75, 3.05) is 38.1 Å². The van der Waals surface area contributed by atoms with Gasteiger partial charge in [0.1, 0.15) is 4.99 Å². The normalized spacial score (nSPS) is 20.6. The summed E-state index contributed by atoms with van der Waals surface area (Å²) < 4.78 is 83.1. The Balaban J connectivity index is 1.38. The highest BCUT2D eigenvalue weighted by Gasteiger charge is 2.37. The number of amidine groups is 1. The van der Waals surface area contributed by atoms with Gasteiger partial charge in [-0.3, -0.25) is 10.8 Å². The van der Waals surface area contributed by atoms with E-state index in [-0.39, 0.29) is 35.7 Å². The van der Waals surface area contributed by atoms with E-state index in [1.54, 1.807) is 6.07 Å². The lowest BCUT2D eigenvalue weighted by atomic mass is 9.92. The Bertz CT molecular complexity index is 1070. The molecule has 1 aromatic rings. The Morgan fingerprint density at radius 1 is 1.05 bits per heavy atom. The molecule has 1 saturated heterocycles. The Hall–Kier alpha value is -2.57. The van der Waals surface area contributed by atoms with Crippen LogP contribution in [0.15, 0.2) is 18.2 Å². The summed E-state index contributed by atoms with van der Waals surface area (Å²) in [6.07, 6.45) is -6.69. The summed E-state index contributed by atoms with van der Waals surface area (Å²) in [7, 11) is 0. The highest BCUT2D eigenvalue weighted by Crippen LogP contribution is 2.34. The molecular formula is C23H26F6N6OS2. The molecule has 0 bridgehead atoms. The van der Waals surface area contributed by atoms with Crippen LogP contribution in [0.2, 0.25) is 0 Å². The average molecular weight is 581 g/mol. The zero-order valence-corrected chi connectivity index (χ0v) is 21.7. The van der Waals surface area contributed by atoms with Crippen LogP contribution in [0.5, 0.6) is 0 Å². The van der Waals surface area contributed by atoms with E-state index < -0.39 is 28.5 Å². The molecule has 0 atom stereocenters. The molecule has 0 unspecified atom stereocenters. The first-order valence-electron chi connectivity index (χ1n) is 11.7. The Kier molecular flexibility index (Phi) is 9.88. The van der Waals surface area contributed by atoms with Crippen LogP contribution in [-0.2, 0) is 10.9 Å². The summed E-state index contributed by atoms with van der Waals surface area (Å²) in [5, 5.41) is 25.1. The molecular weight excluding hydrogens is 554 g/mol. The summed E-state index contributed by atoms with van der Waals surface area (Å²) in [6, 6.07) is 5.12. The summed E-state index contributed by atoms with van der Waals surface area (Å²) >= 11 is 5.53. The lowest BCUT2D eigenvalue weighted by Crippen LogP contribution is -2.50. The third kappa shape index (κ3) is 8.21. The average Bonchev–Trinajstić information content (AvgIpc) is 2.87. The molecule has 1 saturated carbocycles. The van der Waals surface area contributed by atoms with E-state index in [0.717, 1.165) is 12.1 Å². The number of anilines is 1. The number of halogens is 6. The third-order valence-electron chi connectivity index (χ3n) is 6.31. The van der Waals surface area contributed by atoms with E-state index in [9.17, 15) is 26.3 Å². The first-order chi connectivity index (χ1) is 17.8. The predicted octanol–water partition coefficient (Wildman–Crippen LogP) is 5.47. The van der Waals surface area contributed by atoms with Crippen molar-refractivity contribution < 1.29 is 31.1 Å². The first kappa shape index (κ1) is 30.0. The number of thiocarbonyl (C=S) groups is 1. The van der Waals surface area contributed by atoms with Crippen LogP contribution in [0.3, 0.4) is 0 Å². The number of thioether (sulfide) groups is 1. The highest BCUT2D eigenvalue weighted by atomic mass is 32.2. The SMILES string of the molecule is N#Cc1ccc(NC2CCC(OCC(=S)N3CCN(C(=N)SC(=N)C(F)(F)F)CC3)CC2)cc1C(F)(F)F. The predicted molar refractivity (Wildman–Crippen MR) is 137 cm³/mol. The summed E-state index contributed by atoms with van der Waals surface area (Å²) in [5.41, 5.74) is -1.08. The Morgan fingerprint density at radius 2 is 1.66 bits per heavy atom. The minimum absolute atomic E-state index is 0.0316. The maximum absolute atomic E-state index is 13.2. The van der Waals surface area contributed by atoms with Crippen molar-refractivity contribution in [2.24, 2.45) is 0 Å². The molecule has 1 aromatic carbocycles. The fourth-order valence-electron chi connectivity index (χ4n) is 4.23. The summed E-state index contributed by atoms with van der Waals surface area (Å²) in [4.78, 5) is 3.92. The van der Waals surface area contributed by atoms with Crippen molar-refractivity contribution in [3.05, 3.63) is 29.3 Å². The van der Waals surface area contributed by atoms with Gasteiger partial charge in [-0.25, -0.2) is 0 Å². The van der Waals surface area contributed by atoms with Crippen LogP contribution in [0.25, 0.3) is 0 Å². The molecule has 0 spiro atoms. The monoisotopic (exact) mass is 580 g/mol. The number of alkyl halides is 6. The second kappa shape index (κ2) is 12.5. The number of nitriles is 1. The van der Waals surface area contributed by atoms with Gasteiger partial charge in [-0.15, -0.1) is 0 Å². The van der Waals surface area contributed by atoms with Crippen molar-refractivity contribution in [2.45, 2.75) is 50.2 Å². The number of ether oxygens (including phenoxy) is 1. The number of nitrogens with zero attached hydrogens (tertiary/aromatic N) is 3. The van der Waals surface area contributed by atoms with Crippen LogP contribution in [0.4, 0.5) is 32.0 Å². The van der Waals surface area contributed by atoms with Gasteiger partial charge < -0.3 is 19.9 Å². The molecule has 38 heavy (non-hydrogen) atoms. The number of rotatable bonds is 5. The fourth-order valence-corrected chi connectivity index (χ4v) is 5.11. The molecule has 3 rings (SSSR count). The molecule has 0 amide bonds. The Labute approximate surface area is 225 Å². The van der Waals surface area contributed by atoms with E-state index >= 15 is 0 Å². The molecule has 0 aromatic heterocycles. The van der Waals surface area contributed by atoms with E-state index in [1.165, 1.54) is 11.0 Å². The van der Waals surface area contributed by atoms with E-state index in [2.05, 4.69) is 5.32 Å². The van der Waals surface area contributed by atoms with Gasteiger partial charge in [0.2, 0.25) is 0 Å². The van der Waals surface area contributed by atoms with E-state index in [1.807, 2.05) is 4.90 Å². The zero-order chi connectivity index (χ0) is 28.1. The number of hydrogen-bond donors (Lipinski definition) is 3. The third-order valence-corrected chi connectivity index (χ3v) is 7.57. The minimum atomic E-state index is -4.77. The van der Waals surface area contributed by atoms with Gasteiger partial charge in [0.25, 0.3) is 0 Å². The maximum atomic E-state index is 13.2. The number of benzene rings is 1. The highest BCUT2D eigenvalue weighted by molar-refractivity contribution is 8.26. The molecule has 208 valence electrons. The van der Waals surface area contributed by atoms with Crippen LogP contribution in [-0.4, -0.2) is 76.1 Å². The molecule has 0 radical (unpaired) electrons. The molecule has 7 nitrogen and oxygen atoms in total. The van der Waals surface area contributed by atoms with Gasteiger partial charge in [0.05, 0.1) is 29.9 Å². The molecule has 15 heteroatoms. The molecule has 3 N–H and O–H groups in total. The van der Waals surface area contributed by atoms with E-state index in [4.69, 9.17) is 33.0 Å². The number of hydrogen-bond acceptors (Lipinski definition) is 7. The smallest absolute Gasteiger partial charge is 0.382 e. The number of nitrogens with one attached hydrogen (secondary N) is 3. The van der Waals surface area contributed by atoms with E-state index in [0.29, 0.717) is 62.5 Å². The van der Waals surface area contributed by atoms with Gasteiger partial charge in [-0.05, 0) is 55.6 Å². The van der Waals surface area contributed by atoms with Crippen molar-refractivity contribution in [3.8, 4) is 6.07 Å². The van der Waals surface area contributed by atoms with Crippen molar-refractivity contribution in [1.29, 1.82) is 16.1 Å². The Morgan fingerprint density at radius 3 is 2.21 bits per heavy atom. The maximum Gasteiger partial charge on any atom is 0.439 e. The fraction of sp³-hybridized carbons (Fsp3) is 0.565. The second-order valence-corrected chi connectivity index (χ2v) is 10.4. The standard InChI is InChI=1S/C23H26F6N6OS2/c24-22(25,26)18-11-16(2-1-14(18)12-30)33-15-3-5-17(6-4-15)36-13-19(37)34-7-9-35(10-8-34)21(32)38-20(31)23(27,28)29/h1-2,11,15,17,31-33H,3-10,13H2. The molecule has 1 aliphatic carbocycles. The largest absolute Gasteiger partial charge is 0.439 e. The lowest BCUT2D eigenvalue weighted by molar-refractivity contribution is -0.137. The van der Waals surface area contributed by atoms with Gasteiger partial charge in [0, 0.05) is 37.9 Å². The van der Waals surface area contributed by atoms with Gasteiger partial charge in [-0.1, -0.05) is 12.2 Å². The van der Waals surface area contributed by atoms with Crippen LogP contribution < -0.4 is 5.32 Å². The van der Waals surface area contributed by atoms with Crippen molar-refractivity contribution in [1.82, 2.24) is 9.80 Å².